The molecule has 1 saturated carbocycles. The molecule has 0 atom stereocenters. The maximum absolute atomic E-state index is 11.6. The number of hydrogen-bond acceptors (Lipinski definition) is 4. The number of likely N-dealkylation sites (N-methyl/N-ethyl adjacent to an activating group) is 1. The van der Waals surface area contributed by atoms with Crippen molar-refractivity contribution in [3.63, 3.8) is 0 Å². The quantitative estimate of drug-likeness (QED) is 0.883. The van der Waals surface area contributed by atoms with E-state index in [0.29, 0.717) is 4.47 Å². The number of halogens is 1. The monoisotopic (exact) mass is 300 g/mol. The van der Waals surface area contributed by atoms with Crippen LogP contribution in [0.15, 0.2) is 15.5 Å². The van der Waals surface area contributed by atoms with Crippen molar-refractivity contribution < 1.29 is 0 Å². The van der Waals surface area contributed by atoms with Crippen molar-refractivity contribution in [3.8, 4) is 0 Å². The minimum absolute atomic E-state index is 0.120. The van der Waals surface area contributed by atoms with E-state index < -0.39 is 0 Å². The van der Waals surface area contributed by atoms with Gasteiger partial charge in [0.2, 0.25) is 0 Å². The Morgan fingerprint density at radius 2 is 2.35 bits per heavy atom. The molecule has 0 unspecified atom stereocenters. The van der Waals surface area contributed by atoms with Gasteiger partial charge in [0.15, 0.2) is 0 Å². The van der Waals surface area contributed by atoms with Crippen LogP contribution in [0.3, 0.4) is 0 Å². The number of rotatable bonds is 5. The van der Waals surface area contributed by atoms with E-state index in [1.807, 2.05) is 0 Å². The molecule has 94 valence electrons. The lowest BCUT2D eigenvalue weighted by molar-refractivity contribution is 0.337. The minimum atomic E-state index is -0.120. The molecule has 1 aromatic rings. The Bertz CT molecular complexity index is 455. The molecule has 0 aliphatic heterocycles. The van der Waals surface area contributed by atoms with E-state index in [0.717, 1.165) is 24.8 Å². The van der Waals surface area contributed by atoms with Gasteiger partial charge in [0.05, 0.1) is 11.9 Å². The van der Waals surface area contributed by atoms with Gasteiger partial charge in [-0.25, -0.2) is 4.68 Å². The molecule has 0 amide bonds. The largest absolute Gasteiger partial charge is 0.381 e. The molecule has 0 aromatic carbocycles. The van der Waals surface area contributed by atoms with Crippen LogP contribution in [0.4, 0.5) is 5.69 Å². The normalized spacial score (nSPS) is 15.3. The Morgan fingerprint density at radius 1 is 1.65 bits per heavy atom. The van der Waals surface area contributed by atoms with Crippen LogP contribution < -0.4 is 10.9 Å². The highest BCUT2D eigenvalue weighted by Gasteiger charge is 2.25. The molecular formula is C11H17BrN4O. The summed E-state index contributed by atoms with van der Waals surface area (Å²) in [6.45, 7) is 1.80. The summed E-state index contributed by atoms with van der Waals surface area (Å²) < 4.78 is 1.86. The smallest absolute Gasteiger partial charge is 0.282 e. The van der Waals surface area contributed by atoms with Crippen LogP contribution in [-0.2, 0) is 7.05 Å². The van der Waals surface area contributed by atoms with Gasteiger partial charge in [0.25, 0.3) is 5.56 Å². The molecule has 1 fully saturated rings. The fourth-order valence-corrected chi connectivity index (χ4v) is 2.20. The highest BCUT2D eigenvalue weighted by Crippen LogP contribution is 2.24. The van der Waals surface area contributed by atoms with Crippen LogP contribution in [0, 0.1) is 0 Å². The maximum Gasteiger partial charge on any atom is 0.282 e. The number of aryl methyl sites for hydroxylation is 1. The van der Waals surface area contributed by atoms with Crippen LogP contribution >= 0.6 is 15.9 Å². The molecule has 0 radical (unpaired) electrons. The molecule has 0 bridgehead atoms. The number of hydrogen-bond donors (Lipinski definition) is 1. The molecule has 2 rings (SSSR count). The Kier molecular flexibility index (Phi) is 3.83. The molecule has 1 aliphatic rings. The lowest BCUT2D eigenvalue weighted by atomic mass is 10.4. The second kappa shape index (κ2) is 5.18. The van der Waals surface area contributed by atoms with Gasteiger partial charge in [-0.2, -0.15) is 5.10 Å². The van der Waals surface area contributed by atoms with Crippen LogP contribution in [0.1, 0.15) is 12.8 Å². The minimum Gasteiger partial charge on any atom is -0.381 e. The molecule has 17 heavy (non-hydrogen) atoms. The van der Waals surface area contributed by atoms with E-state index in [2.05, 4.69) is 38.3 Å². The number of aromatic nitrogens is 2. The third-order valence-corrected chi connectivity index (χ3v) is 3.79. The third-order valence-electron chi connectivity index (χ3n) is 3.03. The van der Waals surface area contributed by atoms with Crippen molar-refractivity contribution in [3.05, 3.63) is 21.0 Å². The molecule has 0 spiro atoms. The van der Waals surface area contributed by atoms with Crippen molar-refractivity contribution in [1.29, 1.82) is 0 Å². The first-order valence-corrected chi connectivity index (χ1v) is 6.55. The fraction of sp³-hybridized carbons (Fsp3) is 0.636. The van der Waals surface area contributed by atoms with Gasteiger partial charge in [-0.1, -0.05) is 0 Å². The van der Waals surface area contributed by atoms with Gasteiger partial charge < -0.3 is 10.2 Å². The van der Waals surface area contributed by atoms with Crippen LogP contribution in [0.25, 0.3) is 0 Å². The average Bonchev–Trinajstić information content (AvgIpc) is 3.13. The van der Waals surface area contributed by atoms with Gasteiger partial charge >= 0.3 is 0 Å². The molecule has 1 heterocycles. The van der Waals surface area contributed by atoms with E-state index in [1.54, 1.807) is 13.2 Å². The second-order valence-electron chi connectivity index (χ2n) is 4.44. The van der Waals surface area contributed by atoms with E-state index in [4.69, 9.17) is 0 Å². The van der Waals surface area contributed by atoms with E-state index in [-0.39, 0.29) is 5.56 Å². The summed E-state index contributed by atoms with van der Waals surface area (Å²) in [4.78, 5) is 14.0. The van der Waals surface area contributed by atoms with Crippen LogP contribution in [-0.4, -0.2) is 40.9 Å². The van der Waals surface area contributed by atoms with Gasteiger partial charge in [-0.3, -0.25) is 4.79 Å². The van der Waals surface area contributed by atoms with Gasteiger partial charge in [-0.05, 0) is 35.8 Å². The number of anilines is 1. The fourth-order valence-electron chi connectivity index (χ4n) is 1.70. The van der Waals surface area contributed by atoms with Crippen LogP contribution in [0.2, 0.25) is 0 Å². The Balaban J connectivity index is 1.90. The molecule has 1 aliphatic carbocycles. The summed E-state index contributed by atoms with van der Waals surface area (Å²) >= 11 is 3.29. The molecule has 5 nitrogen and oxygen atoms in total. The summed E-state index contributed by atoms with van der Waals surface area (Å²) in [6.07, 6.45) is 4.30. The zero-order chi connectivity index (χ0) is 12.4. The van der Waals surface area contributed by atoms with Crippen molar-refractivity contribution >= 4 is 21.6 Å². The zero-order valence-electron chi connectivity index (χ0n) is 10.1. The predicted molar refractivity (Wildman–Crippen MR) is 71.3 cm³/mol. The van der Waals surface area contributed by atoms with Gasteiger partial charge in [0.1, 0.15) is 4.47 Å². The standard InChI is InChI=1S/C11H17BrN4O/c1-15(8-3-4-8)6-5-13-9-7-14-16(2)11(17)10(9)12/h7-8,13H,3-6H2,1-2H3. The second-order valence-corrected chi connectivity index (χ2v) is 5.23. The molecule has 1 aromatic heterocycles. The number of nitrogens with one attached hydrogen (secondary N) is 1. The summed E-state index contributed by atoms with van der Waals surface area (Å²) in [5.74, 6) is 0. The highest BCUT2D eigenvalue weighted by molar-refractivity contribution is 9.10. The topological polar surface area (TPSA) is 50.2 Å². The Morgan fingerprint density at radius 3 is 3.00 bits per heavy atom. The summed E-state index contributed by atoms with van der Waals surface area (Å²) in [5.41, 5.74) is 0.642. The van der Waals surface area contributed by atoms with Gasteiger partial charge in [0, 0.05) is 26.2 Å². The third kappa shape index (κ3) is 3.07. The van der Waals surface area contributed by atoms with Crippen molar-refractivity contribution in [1.82, 2.24) is 14.7 Å². The Labute approximate surface area is 109 Å². The molecular weight excluding hydrogens is 284 g/mol. The SMILES string of the molecule is CN(CCNc1cnn(C)c(=O)c1Br)C1CC1. The van der Waals surface area contributed by atoms with Gasteiger partial charge in [-0.15, -0.1) is 0 Å². The van der Waals surface area contributed by atoms with E-state index in [9.17, 15) is 4.79 Å². The summed E-state index contributed by atoms with van der Waals surface area (Å²) in [6, 6.07) is 0.766. The lowest BCUT2D eigenvalue weighted by Gasteiger charge is -2.16. The van der Waals surface area contributed by atoms with Crippen molar-refractivity contribution in [2.45, 2.75) is 18.9 Å². The first-order valence-electron chi connectivity index (χ1n) is 5.75. The Hall–Kier alpha value is -0.880. The zero-order valence-corrected chi connectivity index (χ0v) is 11.7. The first-order chi connectivity index (χ1) is 8.09. The van der Waals surface area contributed by atoms with Crippen molar-refractivity contribution in [2.75, 3.05) is 25.5 Å². The van der Waals surface area contributed by atoms with E-state index >= 15 is 0 Å². The molecule has 1 N–H and O–H groups in total. The first kappa shape index (κ1) is 12.6. The van der Waals surface area contributed by atoms with Crippen LogP contribution in [0.5, 0.6) is 0 Å². The highest BCUT2D eigenvalue weighted by atomic mass is 79.9. The van der Waals surface area contributed by atoms with Crippen molar-refractivity contribution in [2.24, 2.45) is 7.05 Å². The summed E-state index contributed by atoms with van der Waals surface area (Å²) in [7, 11) is 3.77. The van der Waals surface area contributed by atoms with E-state index in [1.165, 1.54) is 17.5 Å². The predicted octanol–water partition coefficient (Wildman–Crippen LogP) is 1.05. The lowest BCUT2D eigenvalue weighted by Crippen LogP contribution is -2.28. The summed E-state index contributed by atoms with van der Waals surface area (Å²) in [5, 5.41) is 7.21. The molecule has 0 saturated heterocycles. The molecule has 6 heteroatoms. The maximum atomic E-state index is 11.6. The number of nitrogens with zero attached hydrogens (tertiary/aromatic N) is 3. The average molecular weight is 301 g/mol.